The van der Waals surface area contributed by atoms with Gasteiger partial charge >= 0.3 is 0 Å². The van der Waals surface area contributed by atoms with Gasteiger partial charge in [-0.25, -0.2) is 0 Å². The summed E-state index contributed by atoms with van der Waals surface area (Å²) in [4.78, 5) is 23.5. The van der Waals surface area contributed by atoms with Crippen molar-refractivity contribution in [1.29, 1.82) is 0 Å². The molecular weight excluding hydrogens is 288 g/mol. The maximum Gasteiger partial charge on any atom is 0.241 e. The van der Waals surface area contributed by atoms with Crippen LogP contribution in [0.25, 0.3) is 0 Å². The SMILES string of the molecule is CC(=O)c1ccc(NC(=O)[C@@H](C)N[C@H](C)c2ccccc2)cc1. The van der Waals surface area contributed by atoms with Crippen LogP contribution in [0, 0.1) is 0 Å². The summed E-state index contributed by atoms with van der Waals surface area (Å²) in [6, 6.07) is 16.6. The number of Topliss-reactive ketones (excluding diaryl/α,β-unsaturated/α-hetero) is 1. The van der Waals surface area contributed by atoms with Crippen LogP contribution in [0.3, 0.4) is 0 Å². The van der Waals surface area contributed by atoms with Gasteiger partial charge in [-0.3, -0.25) is 14.9 Å². The van der Waals surface area contributed by atoms with Crippen molar-refractivity contribution >= 4 is 17.4 Å². The second-order valence-corrected chi connectivity index (χ2v) is 5.64. The van der Waals surface area contributed by atoms with Crippen molar-refractivity contribution in [2.45, 2.75) is 32.9 Å². The van der Waals surface area contributed by atoms with Crippen LogP contribution in [-0.2, 0) is 4.79 Å². The van der Waals surface area contributed by atoms with Crippen molar-refractivity contribution in [3.05, 3.63) is 65.7 Å². The number of hydrogen-bond acceptors (Lipinski definition) is 3. The summed E-state index contributed by atoms with van der Waals surface area (Å²) in [5.41, 5.74) is 2.45. The number of amides is 1. The molecule has 0 aliphatic heterocycles. The van der Waals surface area contributed by atoms with E-state index in [4.69, 9.17) is 0 Å². The highest BCUT2D eigenvalue weighted by Gasteiger charge is 2.16. The molecule has 1 amide bonds. The molecule has 0 aliphatic carbocycles. The van der Waals surface area contributed by atoms with E-state index in [2.05, 4.69) is 10.6 Å². The second-order valence-electron chi connectivity index (χ2n) is 5.64. The summed E-state index contributed by atoms with van der Waals surface area (Å²) in [6.07, 6.45) is 0. The Hall–Kier alpha value is -2.46. The Kier molecular flexibility index (Phi) is 5.66. The topological polar surface area (TPSA) is 58.2 Å². The van der Waals surface area contributed by atoms with Crippen LogP contribution >= 0.6 is 0 Å². The molecule has 2 N–H and O–H groups in total. The zero-order chi connectivity index (χ0) is 16.8. The van der Waals surface area contributed by atoms with Gasteiger partial charge in [0.1, 0.15) is 0 Å². The van der Waals surface area contributed by atoms with Crippen molar-refractivity contribution in [3.63, 3.8) is 0 Å². The molecule has 0 saturated heterocycles. The summed E-state index contributed by atoms with van der Waals surface area (Å²) in [7, 11) is 0. The molecule has 120 valence electrons. The number of rotatable bonds is 6. The Morgan fingerprint density at radius 2 is 1.52 bits per heavy atom. The number of ketones is 1. The van der Waals surface area contributed by atoms with Gasteiger partial charge in [-0.2, -0.15) is 0 Å². The fourth-order valence-corrected chi connectivity index (χ4v) is 2.33. The van der Waals surface area contributed by atoms with Gasteiger partial charge in [0.05, 0.1) is 6.04 Å². The lowest BCUT2D eigenvalue weighted by Crippen LogP contribution is -2.39. The Morgan fingerprint density at radius 1 is 0.913 bits per heavy atom. The molecule has 4 heteroatoms. The highest BCUT2D eigenvalue weighted by Crippen LogP contribution is 2.14. The lowest BCUT2D eigenvalue weighted by molar-refractivity contribution is -0.117. The van der Waals surface area contributed by atoms with Gasteiger partial charge < -0.3 is 5.32 Å². The first-order chi connectivity index (χ1) is 11.0. The van der Waals surface area contributed by atoms with Crippen LogP contribution in [-0.4, -0.2) is 17.7 Å². The molecule has 0 fully saturated rings. The summed E-state index contributed by atoms with van der Waals surface area (Å²) in [5, 5.41) is 6.13. The van der Waals surface area contributed by atoms with Crippen LogP contribution in [0.15, 0.2) is 54.6 Å². The lowest BCUT2D eigenvalue weighted by atomic mass is 10.1. The van der Waals surface area contributed by atoms with Crippen molar-refractivity contribution in [2.24, 2.45) is 0 Å². The number of hydrogen-bond donors (Lipinski definition) is 2. The van der Waals surface area contributed by atoms with E-state index in [9.17, 15) is 9.59 Å². The predicted molar refractivity (Wildman–Crippen MR) is 92.5 cm³/mol. The third-order valence-corrected chi connectivity index (χ3v) is 3.75. The lowest BCUT2D eigenvalue weighted by Gasteiger charge is -2.20. The zero-order valence-corrected chi connectivity index (χ0v) is 13.7. The third kappa shape index (κ3) is 4.76. The molecule has 0 spiro atoms. The van der Waals surface area contributed by atoms with Gasteiger partial charge in [-0.1, -0.05) is 30.3 Å². The van der Waals surface area contributed by atoms with Crippen LogP contribution < -0.4 is 10.6 Å². The van der Waals surface area contributed by atoms with Gasteiger partial charge in [0.25, 0.3) is 0 Å². The molecule has 0 aliphatic rings. The van der Waals surface area contributed by atoms with Crippen molar-refractivity contribution < 1.29 is 9.59 Å². The molecule has 0 saturated carbocycles. The average molecular weight is 310 g/mol. The van der Waals surface area contributed by atoms with Gasteiger partial charge in [0.15, 0.2) is 5.78 Å². The van der Waals surface area contributed by atoms with E-state index in [0.717, 1.165) is 5.56 Å². The smallest absolute Gasteiger partial charge is 0.241 e. The fraction of sp³-hybridized carbons (Fsp3) is 0.263. The minimum atomic E-state index is -0.335. The molecule has 2 aromatic rings. The Bertz CT molecular complexity index is 666. The van der Waals surface area contributed by atoms with E-state index in [-0.39, 0.29) is 23.8 Å². The minimum Gasteiger partial charge on any atom is -0.325 e. The highest BCUT2D eigenvalue weighted by molar-refractivity contribution is 5.96. The van der Waals surface area contributed by atoms with E-state index < -0.39 is 0 Å². The predicted octanol–water partition coefficient (Wildman–Crippen LogP) is 3.57. The van der Waals surface area contributed by atoms with Gasteiger partial charge in [0.2, 0.25) is 5.91 Å². The maximum atomic E-state index is 12.3. The molecule has 0 bridgehead atoms. The zero-order valence-electron chi connectivity index (χ0n) is 13.7. The van der Waals surface area contributed by atoms with E-state index in [1.54, 1.807) is 24.3 Å². The Labute approximate surface area is 136 Å². The fourth-order valence-electron chi connectivity index (χ4n) is 2.33. The van der Waals surface area contributed by atoms with E-state index >= 15 is 0 Å². The largest absolute Gasteiger partial charge is 0.325 e. The van der Waals surface area contributed by atoms with Crippen LogP contribution in [0.4, 0.5) is 5.69 Å². The number of nitrogens with one attached hydrogen (secondary N) is 2. The van der Waals surface area contributed by atoms with E-state index in [1.165, 1.54) is 6.92 Å². The van der Waals surface area contributed by atoms with E-state index in [1.807, 2.05) is 44.2 Å². The van der Waals surface area contributed by atoms with Crippen molar-refractivity contribution in [2.75, 3.05) is 5.32 Å². The standard InChI is InChI=1S/C19H22N2O2/c1-13(16-7-5-4-6-8-16)20-14(2)19(23)21-18-11-9-17(10-12-18)15(3)22/h4-14,20H,1-3H3,(H,21,23)/t13-,14-/m1/s1. The molecule has 0 radical (unpaired) electrons. The number of carbonyl (C=O) groups excluding carboxylic acids is 2. The Balaban J connectivity index is 1.93. The van der Waals surface area contributed by atoms with Crippen LogP contribution in [0.5, 0.6) is 0 Å². The monoisotopic (exact) mass is 310 g/mol. The quantitative estimate of drug-likeness (QED) is 0.802. The van der Waals surface area contributed by atoms with Gasteiger partial charge in [-0.05, 0) is 50.6 Å². The molecule has 4 nitrogen and oxygen atoms in total. The van der Waals surface area contributed by atoms with Crippen LogP contribution in [0.2, 0.25) is 0 Å². The summed E-state index contributed by atoms with van der Waals surface area (Å²) < 4.78 is 0. The molecule has 23 heavy (non-hydrogen) atoms. The minimum absolute atomic E-state index is 0.00889. The highest BCUT2D eigenvalue weighted by atomic mass is 16.2. The van der Waals surface area contributed by atoms with Gasteiger partial charge in [0, 0.05) is 17.3 Å². The molecule has 0 aromatic heterocycles. The van der Waals surface area contributed by atoms with E-state index in [0.29, 0.717) is 11.3 Å². The first-order valence-corrected chi connectivity index (χ1v) is 7.70. The third-order valence-electron chi connectivity index (χ3n) is 3.75. The Morgan fingerprint density at radius 3 is 2.09 bits per heavy atom. The maximum absolute atomic E-state index is 12.3. The summed E-state index contributed by atoms with van der Waals surface area (Å²) in [5.74, 6) is -0.0991. The first kappa shape index (κ1) is 16.9. The summed E-state index contributed by atoms with van der Waals surface area (Å²) >= 11 is 0. The van der Waals surface area contributed by atoms with Crippen molar-refractivity contribution in [3.8, 4) is 0 Å². The molecule has 0 heterocycles. The average Bonchev–Trinajstić information content (AvgIpc) is 2.56. The van der Waals surface area contributed by atoms with Gasteiger partial charge in [-0.15, -0.1) is 0 Å². The number of anilines is 1. The molecule has 2 rings (SSSR count). The van der Waals surface area contributed by atoms with Crippen LogP contribution in [0.1, 0.15) is 42.7 Å². The summed E-state index contributed by atoms with van der Waals surface area (Å²) in [6.45, 7) is 5.38. The van der Waals surface area contributed by atoms with Crippen molar-refractivity contribution in [1.82, 2.24) is 5.32 Å². The molecular formula is C19H22N2O2. The molecule has 2 aromatic carbocycles. The second kappa shape index (κ2) is 7.70. The number of benzene rings is 2. The molecule has 0 unspecified atom stereocenters. The number of carbonyl (C=O) groups is 2. The first-order valence-electron chi connectivity index (χ1n) is 7.70. The normalized spacial score (nSPS) is 13.2. The molecule has 2 atom stereocenters.